The van der Waals surface area contributed by atoms with Gasteiger partial charge < -0.3 is 32.6 Å². The van der Waals surface area contributed by atoms with E-state index >= 15 is 0 Å². The van der Waals surface area contributed by atoms with E-state index in [-0.39, 0.29) is 43.9 Å². The topological polar surface area (TPSA) is 195 Å². The van der Waals surface area contributed by atoms with Crippen molar-refractivity contribution in [3.63, 3.8) is 0 Å². The molecule has 0 aromatic heterocycles. The van der Waals surface area contributed by atoms with Gasteiger partial charge in [-0.05, 0) is 59.4 Å². The number of nitrogens with one attached hydrogen (secondary N) is 2. The molecule has 4 amide bonds. The third-order valence-corrected chi connectivity index (χ3v) is 8.30. The number of carbonyl (C=O) groups excluding carboxylic acids is 4. The maximum Gasteiger partial charge on any atom is 0.408 e. The Morgan fingerprint density at radius 2 is 1.46 bits per heavy atom. The highest BCUT2D eigenvalue weighted by Gasteiger charge is 2.39. The van der Waals surface area contributed by atoms with Crippen LogP contribution in [-0.2, 0) is 25.7 Å². The maximum atomic E-state index is 14.4. The zero-order chi connectivity index (χ0) is 38.0. The van der Waals surface area contributed by atoms with Crippen LogP contribution in [0.5, 0.6) is 0 Å². The highest BCUT2D eigenvalue weighted by molar-refractivity contribution is 6.01. The number of amides is 4. The SMILES string of the molecule is CC(C)C[C@H](N)C(=O)N(C(=O)[C@H](CCCN=C(N)N)NC(=O)OCc1ccccc1)[C@H](CNC(=O)/C=C/c1ccc(-c2ccccc2)cc1)C(C)C. The van der Waals surface area contributed by atoms with Gasteiger partial charge in [0, 0.05) is 19.2 Å². The first-order chi connectivity index (χ1) is 24.8. The first-order valence-electron chi connectivity index (χ1n) is 17.6. The first kappa shape index (κ1) is 40.9. The standard InChI is InChI=1S/C40H53N7O5/c1-27(2)24-33(41)37(49)47(38(50)34(16-11-23-44-39(42)43)46-40(51)52-26-30-12-7-5-8-13-30)35(28(3)4)25-45-36(48)22-19-29-17-20-32(21-18-29)31-14-9-6-10-15-31/h5-10,12-15,17-22,27-28,33-35H,11,16,23-26,41H2,1-4H3,(H,45,48)(H,46,51)(H4,42,43,44)/b22-19+/t33-,34-,35+/m0/s1. The molecule has 0 unspecified atom stereocenters. The number of ether oxygens (including phenoxy) is 1. The van der Waals surface area contributed by atoms with Gasteiger partial charge in [0.25, 0.3) is 5.91 Å². The van der Waals surface area contributed by atoms with E-state index in [1.54, 1.807) is 18.2 Å². The van der Waals surface area contributed by atoms with Crippen molar-refractivity contribution in [1.82, 2.24) is 15.5 Å². The highest BCUT2D eigenvalue weighted by atomic mass is 16.5. The molecule has 0 fully saturated rings. The number of benzene rings is 3. The fourth-order valence-corrected chi connectivity index (χ4v) is 5.54. The third kappa shape index (κ3) is 13.7. The van der Waals surface area contributed by atoms with E-state index < -0.39 is 41.9 Å². The average molecular weight is 712 g/mol. The molecule has 0 spiro atoms. The summed E-state index contributed by atoms with van der Waals surface area (Å²) >= 11 is 0. The van der Waals surface area contributed by atoms with Crippen LogP contribution in [0.2, 0.25) is 0 Å². The molecule has 3 aromatic rings. The van der Waals surface area contributed by atoms with Crippen molar-refractivity contribution in [3.05, 3.63) is 102 Å². The maximum absolute atomic E-state index is 14.4. The molecule has 0 radical (unpaired) electrons. The molecule has 52 heavy (non-hydrogen) atoms. The molecule has 0 aliphatic rings. The Morgan fingerprint density at radius 1 is 0.846 bits per heavy atom. The minimum Gasteiger partial charge on any atom is -0.445 e. The minimum absolute atomic E-state index is 0.0190. The molecule has 0 bridgehead atoms. The number of alkyl carbamates (subject to hydrolysis) is 1. The van der Waals surface area contributed by atoms with Crippen LogP contribution in [0.3, 0.4) is 0 Å². The normalized spacial score (nSPS) is 12.9. The van der Waals surface area contributed by atoms with Crippen molar-refractivity contribution in [2.75, 3.05) is 13.1 Å². The van der Waals surface area contributed by atoms with Crippen LogP contribution in [0.4, 0.5) is 4.79 Å². The van der Waals surface area contributed by atoms with Crippen molar-refractivity contribution in [3.8, 4) is 11.1 Å². The van der Waals surface area contributed by atoms with Crippen molar-refractivity contribution >= 4 is 35.9 Å². The number of nitrogens with zero attached hydrogens (tertiary/aromatic N) is 2. The molecule has 0 aliphatic heterocycles. The molecule has 0 saturated heterocycles. The minimum atomic E-state index is -1.18. The molecule has 0 saturated carbocycles. The van der Waals surface area contributed by atoms with Gasteiger partial charge >= 0.3 is 6.09 Å². The summed E-state index contributed by atoms with van der Waals surface area (Å²) in [6, 6.07) is 23.9. The lowest BCUT2D eigenvalue weighted by molar-refractivity contribution is -0.151. The molecule has 8 N–H and O–H groups in total. The lowest BCUT2D eigenvalue weighted by atomic mass is 9.97. The third-order valence-electron chi connectivity index (χ3n) is 8.30. The van der Waals surface area contributed by atoms with Crippen molar-refractivity contribution in [1.29, 1.82) is 0 Å². The van der Waals surface area contributed by atoms with Crippen LogP contribution in [0.15, 0.2) is 96.0 Å². The fraction of sp³-hybridized carbons (Fsp3) is 0.375. The molecule has 0 aliphatic carbocycles. The summed E-state index contributed by atoms with van der Waals surface area (Å²) in [5.41, 5.74) is 21.1. The van der Waals surface area contributed by atoms with Crippen molar-refractivity contribution in [2.45, 2.75) is 71.7 Å². The molecule has 3 atom stereocenters. The number of hydrogen-bond acceptors (Lipinski definition) is 7. The lowest BCUT2D eigenvalue weighted by Crippen LogP contribution is -2.61. The first-order valence-corrected chi connectivity index (χ1v) is 17.6. The Bertz CT molecular complexity index is 1640. The molecule has 12 heteroatoms. The summed E-state index contributed by atoms with van der Waals surface area (Å²) in [6.45, 7) is 7.68. The van der Waals surface area contributed by atoms with Crippen LogP contribution in [0, 0.1) is 11.8 Å². The fourth-order valence-electron chi connectivity index (χ4n) is 5.54. The number of hydrogen-bond donors (Lipinski definition) is 5. The van der Waals surface area contributed by atoms with E-state index in [1.165, 1.54) is 6.08 Å². The van der Waals surface area contributed by atoms with Gasteiger partial charge in [0.15, 0.2) is 5.96 Å². The number of guanidine groups is 1. The monoisotopic (exact) mass is 711 g/mol. The summed E-state index contributed by atoms with van der Waals surface area (Å²) in [7, 11) is 0. The van der Waals surface area contributed by atoms with Crippen molar-refractivity contribution in [2.24, 2.45) is 34.0 Å². The van der Waals surface area contributed by atoms with Gasteiger partial charge in [-0.2, -0.15) is 0 Å². The van der Waals surface area contributed by atoms with Crippen LogP contribution in [0.1, 0.15) is 58.1 Å². The zero-order valence-electron chi connectivity index (χ0n) is 30.5. The summed E-state index contributed by atoms with van der Waals surface area (Å²) in [6.07, 6.45) is 3.01. The molecule has 12 nitrogen and oxygen atoms in total. The van der Waals surface area contributed by atoms with E-state index in [9.17, 15) is 19.2 Å². The van der Waals surface area contributed by atoms with Crippen LogP contribution in [-0.4, -0.2) is 65.9 Å². The van der Waals surface area contributed by atoms with Gasteiger partial charge in [0.2, 0.25) is 11.8 Å². The summed E-state index contributed by atoms with van der Waals surface area (Å²) in [5, 5.41) is 5.50. The van der Waals surface area contributed by atoms with E-state index in [0.717, 1.165) is 27.2 Å². The van der Waals surface area contributed by atoms with Gasteiger partial charge in [-0.1, -0.05) is 113 Å². The van der Waals surface area contributed by atoms with Gasteiger partial charge in [0.1, 0.15) is 12.6 Å². The van der Waals surface area contributed by atoms with E-state index in [2.05, 4.69) is 15.6 Å². The summed E-state index contributed by atoms with van der Waals surface area (Å²) < 4.78 is 5.41. The quantitative estimate of drug-likeness (QED) is 0.0547. The van der Waals surface area contributed by atoms with Gasteiger partial charge in [-0.3, -0.25) is 24.3 Å². The van der Waals surface area contributed by atoms with E-state index in [0.29, 0.717) is 12.8 Å². The predicted molar refractivity (Wildman–Crippen MR) is 205 cm³/mol. The second kappa shape index (κ2) is 21.0. The lowest BCUT2D eigenvalue weighted by Gasteiger charge is -2.37. The summed E-state index contributed by atoms with van der Waals surface area (Å²) in [4.78, 5) is 59.6. The molecule has 3 rings (SSSR count). The Hall–Kier alpha value is -5.49. The second-order valence-corrected chi connectivity index (χ2v) is 13.4. The Morgan fingerprint density at radius 3 is 2.06 bits per heavy atom. The molecule has 0 heterocycles. The highest BCUT2D eigenvalue weighted by Crippen LogP contribution is 2.20. The van der Waals surface area contributed by atoms with Crippen LogP contribution < -0.4 is 27.8 Å². The van der Waals surface area contributed by atoms with Gasteiger partial charge in [0.05, 0.1) is 12.1 Å². The summed E-state index contributed by atoms with van der Waals surface area (Å²) in [5.74, 6) is -2.01. The second-order valence-electron chi connectivity index (χ2n) is 13.4. The Labute approximate surface area is 306 Å². The number of rotatable bonds is 18. The largest absolute Gasteiger partial charge is 0.445 e. The van der Waals surface area contributed by atoms with Crippen LogP contribution >= 0.6 is 0 Å². The van der Waals surface area contributed by atoms with Gasteiger partial charge in [-0.15, -0.1) is 0 Å². The Kier molecular flexibility index (Phi) is 16.5. The smallest absolute Gasteiger partial charge is 0.408 e. The van der Waals surface area contributed by atoms with Crippen molar-refractivity contribution < 1.29 is 23.9 Å². The molecule has 278 valence electrons. The number of nitrogens with two attached hydrogens (primary N) is 3. The molecular formula is C40H53N7O5. The number of aliphatic imine (C=N–C) groups is 1. The number of carbonyl (C=O) groups is 4. The Balaban J connectivity index is 1.82. The number of imide groups is 1. The average Bonchev–Trinajstić information content (AvgIpc) is 3.12. The van der Waals surface area contributed by atoms with E-state index in [1.807, 2.05) is 100 Å². The predicted octanol–water partition coefficient (Wildman–Crippen LogP) is 4.58. The van der Waals surface area contributed by atoms with Gasteiger partial charge in [-0.25, -0.2) is 4.79 Å². The zero-order valence-corrected chi connectivity index (χ0v) is 30.5. The molecular weight excluding hydrogens is 658 g/mol. The van der Waals surface area contributed by atoms with Crippen LogP contribution in [0.25, 0.3) is 17.2 Å². The molecule has 3 aromatic carbocycles. The van der Waals surface area contributed by atoms with E-state index in [4.69, 9.17) is 21.9 Å².